The van der Waals surface area contributed by atoms with E-state index in [0.717, 1.165) is 19.4 Å². The van der Waals surface area contributed by atoms with E-state index in [-0.39, 0.29) is 10.8 Å². The van der Waals surface area contributed by atoms with Crippen LogP contribution in [0.4, 0.5) is 5.69 Å². The quantitative estimate of drug-likeness (QED) is 0.784. The standard InChI is InChI=1S/C22H26N2O3S/c1-23(19-10-3-2-4-11-19)28(26,27)20-12-7-9-18(16-20)22(25)24-15-14-17-8-5-6-13-21(17)24/h2-4,7,9-12,16-17,21H,5-6,8,13-15H2,1H3. The molecule has 2 unspecified atom stereocenters. The fourth-order valence-corrected chi connectivity index (χ4v) is 5.79. The van der Waals surface area contributed by atoms with Crippen LogP contribution in [0, 0.1) is 5.92 Å². The number of nitrogens with zero attached hydrogens (tertiary/aromatic N) is 2. The van der Waals surface area contributed by atoms with E-state index in [0.29, 0.717) is 23.2 Å². The first kappa shape index (κ1) is 19.0. The predicted octanol–water partition coefficient (Wildman–Crippen LogP) is 3.92. The van der Waals surface area contributed by atoms with E-state index in [4.69, 9.17) is 0 Å². The fraction of sp³-hybridized carbons (Fsp3) is 0.409. The second-order valence-electron chi connectivity index (χ2n) is 7.74. The van der Waals surface area contributed by atoms with Crippen LogP contribution in [0.2, 0.25) is 0 Å². The average molecular weight is 399 g/mol. The van der Waals surface area contributed by atoms with Crippen LogP contribution in [-0.2, 0) is 10.0 Å². The van der Waals surface area contributed by atoms with Crippen molar-refractivity contribution in [3.8, 4) is 0 Å². The van der Waals surface area contributed by atoms with E-state index in [1.807, 2.05) is 11.0 Å². The Morgan fingerprint density at radius 1 is 1.00 bits per heavy atom. The van der Waals surface area contributed by atoms with E-state index in [1.165, 1.54) is 36.7 Å². The summed E-state index contributed by atoms with van der Waals surface area (Å²) >= 11 is 0. The number of anilines is 1. The van der Waals surface area contributed by atoms with Gasteiger partial charge in [-0.25, -0.2) is 8.42 Å². The zero-order chi connectivity index (χ0) is 19.7. The Labute approximate surface area is 167 Å². The molecule has 2 atom stereocenters. The van der Waals surface area contributed by atoms with Gasteiger partial charge in [-0.15, -0.1) is 0 Å². The van der Waals surface area contributed by atoms with Gasteiger partial charge >= 0.3 is 0 Å². The molecule has 5 nitrogen and oxygen atoms in total. The minimum absolute atomic E-state index is 0.0474. The van der Waals surface area contributed by atoms with Crippen molar-refractivity contribution in [2.45, 2.75) is 43.0 Å². The molecule has 0 bridgehead atoms. The van der Waals surface area contributed by atoms with Gasteiger partial charge < -0.3 is 4.90 Å². The van der Waals surface area contributed by atoms with E-state index >= 15 is 0 Å². The molecule has 148 valence electrons. The van der Waals surface area contributed by atoms with Crippen molar-refractivity contribution >= 4 is 21.6 Å². The molecule has 28 heavy (non-hydrogen) atoms. The van der Waals surface area contributed by atoms with Gasteiger partial charge in [-0.2, -0.15) is 0 Å². The zero-order valence-corrected chi connectivity index (χ0v) is 16.9. The molecule has 0 spiro atoms. The molecular weight excluding hydrogens is 372 g/mol. The van der Waals surface area contributed by atoms with Crippen molar-refractivity contribution in [1.29, 1.82) is 0 Å². The van der Waals surface area contributed by atoms with Gasteiger partial charge in [-0.3, -0.25) is 9.10 Å². The third kappa shape index (κ3) is 3.41. The number of rotatable bonds is 4. The van der Waals surface area contributed by atoms with Crippen molar-refractivity contribution in [2.24, 2.45) is 5.92 Å². The molecule has 1 heterocycles. The molecule has 1 aliphatic heterocycles. The lowest BCUT2D eigenvalue weighted by Crippen LogP contribution is -2.39. The van der Waals surface area contributed by atoms with E-state index < -0.39 is 10.0 Å². The van der Waals surface area contributed by atoms with Crippen LogP contribution < -0.4 is 4.31 Å². The van der Waals surface area contributed by atoms with Crippen LogP contribution in [0.5, 0.6) is 0 Å². The first-order chi connectivity index (χ1) is 13.5. The smallest absolute Gasteiger partial charge is 0.264 e. The lowest BCUT2D eigenvalue weighted by Gasteiger charge is -2.31. The van der Waals surface area contributed by atoms with E-state index in [2.05, 4.69) is 0 Å². The Kier molecular flexibility index (Phi) is 5.15. The SMILES string of the molecule is CN(c1ccccc1)S(=O)(=O)c1cccc(C(=O)N2CCC3CCCCC32)c1. The third-order valence-electron chi connectivity index (χ3n) is 6.13. The molecule has 2 fully saturated rings. The van der Waals surface area contributed by atoms with Gasteiger partial charge in [0.15, 0.2) is 0 Å². The molecule has 1 saturated heterocycles. The third-order valence-corrected chi connectivity index (χ3v) is 7.91. The molecule has 1 amide bonds. The predicted molar refractivity (Wildman–Crippen MR) is 110 cm³/mol. The van der Waals surface area contributed by atoms with E-state index in [9.17, 15) is 13.2 Å². The van der Waals surface area contributed by atoms with Crippen LogP contribution >= 0.6 is 0 Å². The van der Waals surface area contributed by atoms with Crippen molar-refractivity contribution in [2.75, 3.05) is 17.9 Å². The molecule has 0 aromatic heterocycles. The lowest BCUT2D eigenvalue weighted by atomic mass is 9.85. The largest absolute Gasteiger partial charge is 0.335 e. The highest BCUT2D eigenvalue weighted by atomic mass is 32.2. The Morgan fingerprint density at radius 3 is 2.54 bits per heavy atom. The van der Waals surface area contributed by atoms with Crippen LogP contribution in [0.3, 0.4) is 0 Å². The van der Waals surface area contributed by atoms with Gasteiger partial charge in [0.05, 0.1) is 10.6 Å². The summed E-state index contributed by atoms with van der Waals surface area (Å²) in [6.45, 7) is 0.773. The first-order valence-electron chi connectivity index (χ1n) is 9.93. The summed E-state index contributed by atoms with van der Waals surface area (Å²) in [7, 11) is -2.20. The minimum atomic E-state index is -3.73. The molecule has 6 heteroatoms. The number of fused-ring (bicyclic) bond motifs is 1. The zero-order valence-electron chi connectivity index (χ0n) is 16.1. The highest BCUT2D eigenvalue weighted by Crippen LogP contribution is 2.37. The minimum Gasteiger partial charge on any atom is -0.335 e. The van der Waals surface area contributed by atoms with Gasteiger partial charge in [0, 0.05) is 25.2 Å². The molecule has 4 rings (SSSR count). The first-order valence-corrected chi connectivity index (χ1v) is 11.4. The number of carbonyl (C=O) groups is 1. The summed E-state index contributed by atoms with van der Waals surface area (Å²) in [5.74, 6) is 0.558. The normalized spacial score (nSPS) is 22.0. The highest BCUT2D eigenvalue weighted by Gasteiger charge is 2.38. The number of para-hydroxylation sites is 1. The monoisotopic (exact) mass is 398 g/mol. The number of carbonyl (C=O) groups excluding carboxylic acids is 1. The maximum atomic E-state index is 13.1. The maximum absolute atomic E-state index is 13.1. The average Bonchev–Trinajstić information content (AvgIpc) is 3.17. The number of sulfonamides is 1. The van der Waals surface area contributed by atoms with Crippen LogP contribution in [-0.4, -0.2) is 38.9 Å². The summed E-state index contributed by atoms with van der Waals surface area (Å²) in [5, 5.41) is 0. The van der Waals surface area contributed by atoms with Crippen molar-refractivity contribution < 1.29 is 13.2 Å². The Hall–Kier alpha value is -2.34. The molecule has 0 radical (unpaired) electrons. The van der Waals surface area contributed by atoms with Crippen LogP contribution in [0.25, 0.3) is 0 Å². The molecular formula is C22H26N2O3S. The summed E-state index contributed by atoms with van der Waals surface area (Å²) in [5.41, 5.74) is 1.04. The number of benzene rings is 2. The lowest BCUT2D eigenvalue weighted by molar-refractivity contribution is 0.0690. The Morgan fingerprint density at radius 2 is 1.75 bits per heavy atom. The highest BCUT2D eigenvalue weighted by molar-refractivity contribution is 7.92. The van der Waals surface area contributed by atoms with Crippen molar-refractivity contribution in [3.63, 3.8) is 0 Å². The van der Waals surface area contributed by atoms with Gasteiger partial charge in [0.1, 0.15) is 0 Å². The van der Waals surface area contributed by atoms with Crippen molar-refractivity contribution in [3.05, 3.63) is 60.2 Å². The molecule has 2 aromatic rings. The number of amides is 1. The fourth-order valence-electron chi connectivity index (χ4n) is 4.55. The molecule has 2 aromatic carbocycles. The maximum Gasteiger partial charge on any atom is 0.264 e. The summed E-state index contributed by atoms with van der Waals surface area (Å²) in [6.07, 6.45) is 5.74. The summed E-state index contributed by atoms with van der Waals surface area (Å²) < 4.78 is 27.4. The summed E-state index contributed by atoms with van der Waals surface area (Å²) in [6, 6.07) is 15.7. The topological polar surface area (TPSA) is 57.7 Å². The van der Waals surface area contributed by atoms with E-state index in [1.54, 1.807) is 42.5 Å². The van der Waals surface area contributed by atoms with Gasteiger partial charge in [0.25, 0.3) is 15.9 Å². The van der Waals surface area contributed by atoms with Crippen molar-refractivity contribution in [1.82, 2.24) is 4.90 Å². The van der Waals surface area contributed by atoms with Gasteiger partial charge in [0.2, 0.25) is 0 Å². The number of likely N-dealkylation sites (tertiary alicyclic amines) is 1. The Bertz CT molecular complexity index is 959. The molecule has 0 N–H and O–H groups in total. The van der Waals surface area contributed by atoms with Gasteiger partial charge in [-0.1, -0.05) is 37.1 Å². The van der Waals surface area contributed by atoms with Gasteiger partial charge in [-0.05, 0) is 55.5 Å². The number of hydrogen-bond donors (Lipinski definition) is 0. The summed E-state index contributed by atoms with van der Waals surface area (Å²) in [4.78, 5) is 15.2. The Balaban J connectivity index is 1.60. The second kappa shape index (κ2) is 7.59. The van der Waals surface area contributed by atoms with Crippen LogP contribution in [0.1, 0.15) is 42.5 Å². The molecule has 1 aliphatic carbocycles. The molecule has 1 saturated carbocycles. The number of hydrogen-bond acceptors (Lipinski definition) is 3. The second-order valence-corrected chi connectivity index (χ2v) is 9.70. The molecule has 2 aliphatic rings. The van der Waals surface area contributed by atoms with Crippen LogP contribution in [0.15, 0.2) is 59.5 Å².